The molecule has 17 nitrogen and oxygen atoms in total. The first-order valence-electron chi connectivity index (χ1n) is 19.5. The summed E-state index contributed by atoms with van der Waals surface area (Å²) >= 11 is 18.1. The number of nitrogens with zero attached hydrogens (tertiary/aromatic N) is 8. The Morgan fingerprint density at radius 1 is 0.667 bits per heavy atom. The minimum Gasteiger partial charge on any atom is -0.388 e. The quantitative estimate of drug-likeness (QED) is 0.0721. The molecule has 2 aliphatic rings. The number of fused-ring (bicyclic) bond motifs is 2. The van der Waals surface area contributed by atoms with Crippen LogP contribution < -0.4 is 16.0 Å². The standard InChI is InChI=1S/C27H29ClN6O3.C13H15Cl2N5O3/c1-2-21(35)31-19-13-20(24(37)23(19)36)34-15-30-22-25(32-27(28)33-26(22)34)29-14-18(16-9-5-3-6-10-16)17-11-7-4-8-12-17;1-2-7(21)17-5-3-6(10(23)9(5)22)20-4-16-8-11(14)18-13(15)19-12(8)20/h3-12,15,18-20,23-24,36-37H,2,13-14H2,1H3,(H,31,35)(H,29,32,33);4-6,9-10,22-23H,2-3H2,1H3,(H,17,21)/t19-,20+,23+,24-;5-,6+,9+,10-/m00/s1. The van der Waals surface area contributed by atoms with Crippen LogP contribution in [0.4, 0.5) is 5.82 Å². The van der Waals surface area contributed by atoms with Crippen LogP contribution in [0.1, 0.15) is 68.7 Å². The summed E-state index contributed by atoms with van der Waals surface area (Å²) in [6.45, 7) is 4.00. The van der Waals surface area contributed by atoms with Crippen molar-refractivity contribution in [3.05, 3.63) is 100 Å². The number of rotatable bonds is 11. The number of benzene rings is 2. The summed E-state index contributed by atoms with van der Waals surface area (Å²) < 4.78 is 3.30. The average molecular weight is 881 g/mol. The molecule has 7 N–H and O–H groups in total. The van der Waals surface area contributed by atoms with Gasteiger partial charge in [0.2, 0.25) is 22.4 Å². The lowest BCUT2D eigenvalue weighted by Crippen LogP contribution is -2.42. The fraction of sp³-hybridized carbons (Fsp3) is 0.400. The molecule has 0 spiro atoms. The molecule has 8 rings (SSSR count). The summed E-state index contributed by atoms with van der Waals surface area (Å²) in [4.78, 5) is 48.8. The minimum atomic E-state index is -1.11. The van der Waals surface area contributed by atoms with Crippen molar-refractivity contribution in [3.8, 4) is 0 Å². The molecule has 2 fully saturated rings. The predicted octanol–water partition coefficient (Wildman–Crippen LogP) is 3.98. The van der Waals surface area contributed by atoms with Crippen LogP contribution in [0.25, 0.3) is 22.3 Å². The van der Waals surface area contributed by atoms with E-state index >= 15 is 0 Å². The van der Waals surface area contributed by atoms with Gasteiger partial charge in [0.25, 0.3) is 0 Å². The van der Waals surface area contributed by atoms with E-state index in [1.165, 1.54) is 6.33 Å². The summed E-state index contributed by atoms with van der Waals surface area (Å²) in [6.07, 6.45) is -0.0892. The first-order chi connectivity index (χ1) is 28.9. The highest BCUT2D eigenvalue weighted by atomic mass is 35.5. The summed E-state index contributed by atoms with van der Waals surface area (Å²) in [5.74, 6) is 0.166. The topological polar surface area (TPSA) is 238 Å². The molecule has 2 saturated carbocycles. The number of aromatic nitrogens is 8. The van der Waals surface area contributed by atoms with E-state index in [1.54, 1.807) is 29.3 Å². The van der Waals surface area contributed by atoms with Crippen molar-refractivity contribution in [2.45, 2.75) is 94.0 Å². The number of aliphatic hydroxyl groups excluding tert-OH is 4. The lowest BCUT2D eigenvalue weighted by atomic mass is 9.91. The molecule has 0 bridgehead atoms. The molecule has 2 aromatic carbocycles. The molecular weight excluding hydrogens is 837 g/mol. The number of aliphatic hydroxyl groups is 4. The van der Waals surface area contributed by atoms with Crippen LogP contribution in [-0.4, -0.2) is 114 Å². The molecule has 2 amide bonds. The zero-order valence-electron chi connectivity index (χ0n) is 32.5. The summed E-state index contributed by atoms with van der Waals surface area (Å²) in [5, 5.41) is 50.8. The third kappa shape index (κ3) is 9.02. The third-order valence-electron chi connectivity index (χ3n) is 11.0. The van der Waals surface area contributed by atoms with Gasteiger partial charge in [-0.05, 0) is 47.2 Å². The van der Waals surface area contributed by atoms with Crippen LogP contribution in [-0.2, 0) is 9.59 Å². The Balaban J connectivity index is 0.000000203. The van der Waals surface area contributed by atoms with Crippen molar-refractivity contribution in [2.75, 3.05) is 11.9 Å². The maximum absolute atomic E-state index is 11.9. The van der Waals surface area contributed by atoms with E-state index in [2.05, 4.69) is 70.1 Å². The number of carbonyl (C=O) groups is 2. The SMILES string of the molecule is CCC(=O)N[C@H]1C[C@@H](n2cnc3c(Cl)nc(Cl)nc32)[C@H](O)[C@@H]1O.CCC(=O)N[C@H]1C[C@@H](n2cnc3c(NCC(c4ccccc4)c4ccccc4)nc(Cl)nc32)[C@H](O)[C@@H]1O. The van der Waals surface area contributed by atoms with E-state index in [0.29, 0.717) is 60.4 Å². The largest absolute Gasteiger partial charge is 0.388 e. The highest BCUT2D eigenvalue weighted by molar-refractivity contribution is 6.35. The molecule has 316 valence electrons. The summed E-state index contributed by atoms with van der Waals surface area (Å²) in [5.41, 5.74) is 3.99. The van der Waals surface area contributed by atoms with Gasteiger partial charge in [0.15, 0.2) is 27.8 Å². The lowest BCUT2D eigenvalue weighted by Gasteiger charge is -2.20. The Hall–Kier alpha value is -5.01. The number of nitrogens with one attached hydrogen (secondary N) is 3. The van der Waals surface area contributed by atoms with Crippen molar-refractivity contribution in [2.24, 2.45) is 0 Å². The van der Waals surface area contributed by atoms with Gasteiger partial charge in [-0.25, -0.2) is 15.0 Å². The maximum atomic E-state index is 11.9. The van der Waals surface area contributed by atoms with Crippen LogP contribution in [0.3, 0.4) is 0 Å². The van der Waals surface area contributed by atoms with Gasteiger partial charge in [0.05, 0.1) is 36.8 Å². The van der Waals surface area contributed by atoms with E-state index < -0.39 is 48.6 Å². The fourth-order valence-electron chi connectivity index (χ4n) is 7.83. The molecule has 2 aliphatic carbocycles. The van der Waals surface area contributed by atoms with Crippen molar-refractivity contribution in [1.82, 2.24) is 49.7 Å². The smallest absolute Gasteiger partial charge is 0.226 e. The van der Waals surface area contributed by atoms with Crippen LogP contribution in [0.5, 0.6) is 0 Å². The van der Waals surface area contributed by atoms with Gasteiger partial charge in [0, 0.05) is 25.3 Å². The molecule has 4 heterocycles. The molecule has 0 radical (unpaired) electrons. The second kappa shape index (κ2) is 18.7. The Bertz CT molecular complexity index is 2400. The number of anilines is 1. The monoisotopic (exact) mass is 879 g/mol. The van der Waals surface area contributed by atoms with E-state index in [-0.39, 0.29) is 33.5 Å². The Kier molecular flexibility index (Phi) is 13.4. The molecule has 6 aromatic rings. The molecular formula is C40H44Cl3N11O6. The predicted molar refractivity (Wildman–Crippen MR) is 225 cm³/mol. The van der Waals surface area contributed by atoms with Crippen molar-refractivity contribution in [3.63, 3.8) is 0 Å². The van der Waals surface area contributed by atoms with E-state index in [1.807, 2.05) is 36.4 Å². The Morgan fingerprint density at radius 2 is 1.12 bits per heavy atom. The number of halogens is 3. The van der Waals surface area contributed by atoms with Crippen LogP contribution in [0.15, 0.2) is 73.3 Å². The van der Waals surface area contributed by atoms with E-state index in [0.717, 1.165) is 11.1 Å². The Labute approximate surface area is 359 Å². The van der Waals surface area contributed by atoms with Crippen LogP contribution in [0.2, 0.25) is 15.7 Å². The molecule has 0 unspecified atom stereocenters. The molecule has 0 aliphatic heterocycles. The van der Waals surface area contributed by atoms with Gasteiger partial charge in [-0.2, -0.15) is 15.0 Å². The molecule has 4 aromatic heterocycles. The fourth-order valence-corrected chi connectivity index (χ4v) is 8.41. The molecule has 20 heteroatoms. The van der Waals surface area contributed by atoms with Gasteiger partial charge in [-0.1, -0.05) is 86.1 Å². The lowest BCUT2D eigenvalue weighted by molar-refractivity contribution is -0.123. The highest BCUT2D eigenvalue weighted by Crippen LogP contribution is 2.36. The number of amides is 2. The zero-order chi connectivity index (χ0) is 42.7. The van der Waals surface area contributed by atoms with E-state index in [9.17, 15) is 30.0 Å². The second-order valence-electron chi connectivity index (χ2n) is 14.7. The van der Waals surface area contributed by atoms with Crippen molar-refractivity contribution < 1.29 is 30.0 Å². The normalized spacial score (nSPS) is 23.8. The van der Waals surface area contributed by atoms with Crippen LogP contribution in [0, 0.1) is 0 Å². The zero-order valence-corrected chi connectivity index (χ0v) is 34.7. The maximum Gasteiger partial charge on any atom is 0.226 e. The van der Waals surface area contributed by atoms with E-state index in [4.69, 9.17) is 34.8 Å². The highest BCUT2D eigenvalue weighted by Gasteiger charge is 2.45. The summed E-state index contributed by atoms with van der Waals surface area (Å²) in [6, 6.07) is 18.3. The molecule has 0 saturated heterocycles. The number of carbonyl (C=O) groups excluding carboxylic acids is 2. The van der Waals surface area contributed by atoms with Gasteiger partial charge in [-0.3, -0.25) is 9.59 Å². The third-order valence-corrected chi connectivity index (χ3v) is 11.6. The molecule has 60 heavy (non-hydrogen) atoms. The molecule has 8 atom stereocenters. The number of imidazole rings is 2. The Morgan fingerprint density at radius 3 is 1.60 bits per heavy atom. The van der Waals surface area contributed by atoms with Gasteiger partial charge >= 0.3 is 0 Å². The summed E-state index contributed by atoms with van der Waals surface area (Å²) in [7, 11) is 0. The first-order valence-corrected chi connectivity index (χ1v) is 20.6. The van der Waals surface area contributed by atoms with Gasteiger partial charge < -0.3 is 45.5 Å². The second-order valence-corrected chi connectivity index (χ2v) is 15.7. The van der Waals surface area contributed by atoms with Gasteiger partial charge in [0.1, 0.15) is 29.9 Å². The van der Waals surface area contributed by atoms with Crippen LogP contribution >= 0.6 is 34.8 Å². The first kappa shape index (κ1) is 43.1. The minimum absolute atomic E-state index is 0.0341. The number of hydrogen-bond donors (Lipinski definition) is 7. The average Bonchev–Trinajstić information content (AvgIpc) is 4.00. The van der Waals surface area contributed by atoms with Gasteiger partial charge in [-0.15, -0.1) is 0 Å². The van der Waals surface area contributed by atoms with Crippen molar-refractivity contribution in [1.29, 1.82) is 0 Å². The number of hydrogen-bond acceptors (Lipinski definition) is 13. The van der Waals surface area contributed by atoms with Crippen molar-refractivity contribution >= 4 is 74.8 Å².